The van der Waals surface area contributed by atoms with Crippen LogP contribution in [-0.4, -0.2) is 32.2 Å². The molecule has 0 aliphatic rings. The predicted molar refractivity (Wildman–Crippen MR) is 116 cm³/mol. The topological polar surface area (TPSA) is 97.9 Å². The third kappa shape index (κ3) is 3.62. The largest absolute Gasteiger partial charge is 0.451 e. The van der Waals surface area contributed by atoms with Gasteiger partial charge in [0.25, 0.3) is 5.91 Å². The summed E-state index contributed by atoms with van der Waals surface area (Å²) in [5.41, 5.74) is 1.41. The fourth-order valence-corrected chi connectivity index (χ4v) is 3.88. The van der Waals surface area contributed by atoms with E-state index in [0.717, 1.165) is 22.2 Å². The molecule has 8 nitrogen and oxygen atoms in total. The van der Waals surface area contributed by atoms with Crippen LogP contribution in [0.15, 0.2) is 64.8 Å². The van der Waals surface area contributed by atoms with Gasteiger partial charge in [0.15, 0.2) is 11.4 Å². The second kappa shape index (κ2) is 7.96. The summed E-state index contributed by atoms with van der Waals surface area (Å²) in [5, 5.41) is 14.4. The lowest BCUT2D eigenvalue weighted by Gasteiger charge is -2.06. The lowest BCUT2D eigenvalue weighted by molar-refractivity contribution is 0.0926. The Hall–Kier alpha value is -3.72. The van der Waals surface area contributed by atoms with Crippen LogP contribution in [0.3, 0.4) is 0 Å². The molecule has 0 fully saturated rings. The highest BCUT2D eigenvalue weighted by molar-refractivity contribution is 7.09. The van der Waals surface area contributed by atoms with Crippen molar-refractivity contribution in [3.05, 3.63) is 71.0 Å². The molecule has 5 aromatic rings. The summed E-state index contributed by atoms with van der Waals surface area (Å²) in [4.78, 5) is 22.3. The number of anilines is 1. The van der Waals surface area contributed by atoms with Crippen LogP contribution >= 0.6 is 11.3 Å². The number of nitrogens with zero attached hydrogens (tertiary/aromatic N) is 4. The SMILES string of the molecule is O=C(NCCn1ncc2c(NCc3cccs3)ncnc21)c1cc2ccccc2o1. The Labute approximate surface area is 175 Å². The van der Waals surface area contributed by atoms with Crippen molar-refractivity contribution in [2.45, 2.75) is 13.1 Å². The van der Waals surface area contributed by atoms with Gasteiger partial charge in [0.05, 0.1) is 24.7 Å². The minimum absolute atomic E-state index is 0.254. The van der Waals surface area contributed by atoms with Crippen LogP contribution in [-0.2, 0) is 13.1 Å². The molecule has 0 aliphatic carbocycles. The summed E-state index contributed by atoms with van der Waals surface area (Å²) >= 11 is 1.69. The van der Waals surface area contributed by atoms with Gasteiger partial charge in [0.1, 0.15) is 17.7 Å². The van der Waals surface area contributed by atoms with Crippen LogP contribution < -0.4 is 10.6 Å². The number of fused-ring (bicyclic) bond motifs is 2. The number of carbonyl (C=O) groups is 1. The summed E-state index contributed by atoms with van der Waals surface area (Å²) in [7, 11) is 0. The smallest absolute Gasteiger partial charge is 0.287 e. The van der Waals surface area contributed by atoms with Crippen molar-refractivity contribution in [3.8, 4) is 0 Å². The minimum atomic E-state index is -0.254. The monoisotopic (exact) mass is 418 g/mol. The maximum Gasteiger partial charge on any atom is 0.287 e. The average molecular weight is 418 g/mol. The van der Waals surface area contributed by atoms with Gasteiger partial charge in [-0.25, -0.2) is 14.6 Å². The van der Waals surface area contributed by atoms with Crippen LogP contribution in [0.5, 0.6) is 0 Å². The molecule has 0 aliphatic heterocycles. The third-order valence-corrected chi connectivity index (χ3v) is 5.58. The maximum absolute atomic E-state index is 12.4. The van der Waals surface area contributed by atoms with Gasteiger partial charge in [0.2, 0.25) is 0 Å². The molecule has 0 saturated heterocycles. The predicted octanol–water partition coefficient (Wildman–Crippen LogP) is 3.68. The third-order valence-electron chi connectivity index (χ3n) is 4.70. The van der Waals surface area contributed by atoms with Gasteiger partial charge in [-0.2, -0.15) is 5.10 Å². The number of hydrogen-bond acceptors (Lipinski definition) is 7. The number of rotatable bonds is 7. The van der Waals surface area contributed by atoms with E-state index in [4.69, 9.17) is 4.42 Å². The van der Waals surface area contributed by atoms with E-state index >= 15 is 0 Å². The van der Waals surface area contributed by atoms with E-state index in [1.54, 1.807) is 28.3 Å². The Kier molecular flexibility index (Phi) is 4.86. The first kappa shape index (κ1) is 18.3. The molecular weight excluding hydrogens is 400 g/mol. The summed E-state index contributed by atoms with van der Waals surface area (Å²) in [6, 6.07) is 13.4. The van der Waals surface area contributed by atoms with E-state index in [9.17, 15) is 4.79 Å². The first-order valence-electron chi connectivity index (χ1n) is 9.47. The van der Waals surface area contributed by atoms with Crippen LogP contribution in [0.4, 0.5) is 5.82 Å². The fraction of sp³-hybridized carbons (Fsp3) is 0.143. The number of benzene rings is 1. The molecule has 0 unspecified atom stereocenters. The van der Waals surface area contributed by atoms with Gasteiger partial charge in [-0.1, -0.05) is 24.3 Å². The molecule has 1 amide bonds. The molecule has 30 heavy (non-hydrogen) atoms. The van der Waals surface area contributed by atoms with E-state index in [0.29, 0.717) is 31.0 Å². The summed E-state index contributed by atoms with van der Waals surface area (Å²) in [6.45, 7) is 1.58. The van der Waals surface area contributed by atoms with Gasteiger partial charge in [0, 0.05) is 16.8 Å². The summed E-state index contributed by atoms with van der Waals surface area (Å²) in [6.07, 6.45) is 3.26. The van der Waals surface area contributed by atoms with Gasteiger partial charge in [-0.15, -0.1) is 11.3 Å². The number of amides is 1. The number of furan rings is 1. The van der Waals surface area contributed by atoms with Crippen LogP contribution in [0.25, 0.3) is 22.0 Å². The van der Waals surface area contributed by atoms with E-state index in [1.807, 2.05) is 35.7 Å². The lowest BCUT2D eigenvalue weighted by Crippen LogP contribution is -2.27. The molecule has 1 aromatic carbocycles. The molecule has 0 spiro atoms. The zero-order valence-corrected chi connectivity index (χ0v) is 16.7. The Morgan fingerprint density at radius 1 is 1.17 bits per heavy atom. The van der Waals surface area contributed by atoms with E-state index in [-0.39, 0.29) is 5.91 Å². The first-order chi connectivity index (χ1) is 14.8. The standard InChI is InChI=1S/C21H18N6O2S/c28-21(18-10-14-4-1-2-6-17(14)29-18)22-7-8-27-20-16(12-26-27)19(24-13-25-20)23-11-15-5-3-9-30-15/h1-6,9-10,12-13H,7-8,11H2,(H,22,28)(H,23,24,25). The highest BCUT2D eigenvalue weighted by Crippen LogP contribution is 2.21. The molecular formula is C21H18N6O2S. The van der Waals surface area contributed by atoms with Crippen molar-refractivity contribution in [1.29, 1.82) is 0 Å². The summed E-state index contributed by atoms with van der Waals surface area (Å²) < 4.78 is 7.35. The second-order valence-corrected chi connectivity index (χ2v) is 7.70. The fourth-order valence-electron chi connectivity index (χ4n) is 3.24. The lowest BCUT2D eigenvalue weighted by atomic mass is 10.2. The molecule has 150 valence electrons. The maximum atomic E-state index is 12.4. The highest BCUT2D eigenvalue weighted by atomic mass is 32.1. The number of para-hydroxylation sites is 1. The number of thiophene rings is 1. The quantitative estimate of drug-likeness (QED) is 0.418. The molecule has 0 atom stereocenters. The Morgan fingerprint density at radius 3 is 2.97 bits per heavy atom. The number of nitrogens with one attached hydrogen (secondary N) is 2. The Bertz CT molecular complexity index is 1270. The van der Waals surface area contributed by atoms with Crippen molar-refractivity contribution in [2.75, 3.05) is 11.9 Å². The van der Waals surface area contributed by atoms with Crippen LogP contribution in [0, 0.1) is 0 Å². The zero-order valence-electron chi connectivity index (χ0n) is 15.9. The van der Waals surface area contributed by atoms with Crippen LogP contribution in [0.2, 0.25) is 0 Å². The molecule has 9 heteroatoms. The number of hydrogen-bond donors (Lipinski definition) is 2. The van der Waals surface area contributed by atoms with Crippen molar-refractivity contribution < 1.29 is 9.21 Å². The molecule has 5 rings (SSSR count). The molecule has 2 N–H and O–H groups in total. The van der Waals surface area contributed by atoms with E-state index < -0.39 is 0 Å². The molecule has 4 heterocycles. The van der Waals surface area contributed by atoms with Crippen molar-refractivity contribution in [3.63, 3.8) is 0 Å². The molecule has 4 aromatic heterocycles. The van der Waals surface area contributed by atoms with Crippen molar-refractivity contribution in [2.24, 2.45) is 0 Å². The molecule has 0 bridgehead atoms. The normalized spacial score (nSPS) is 11.2. The van der Waals surface area contributed by atoms with Gasteiger partial charge in [-0.05, 0) is 23.6 Å². The first-order valence-corrected chi connectivity index (χ1v) is 10.4. The van der Waals surface area contributed by atoms with E-state index in [1.165, 1.54) is 11.2 Å². The van der Waals surface area contributed by atoms with Gasteiger partial charge < -0.3 is 15.1 Å². The average Bonchev–Trinajstić information content (AvgIpc) is 3.51. The minimum Gasteiger partial charge on any atom is -0.451 e. The van der Waals surface area contributed by atoms with Crippen molar-refractivity contribution in [1.82, 2.24) is 25.1 Å². The van der Waals surface area contributed by atoms with Crippen molar-refractivity contribution >= 4 is 45.1 Å². The number of aromatic nitrogens is 4. The van der Waals surface area contributed by atoms with Gasteiger partial charge in [-0.3, -0.25) is 4.79 Å². The number of carbonyl (C=O) groups excluding carboxylic acids is 1. The highest BCUT2D eigenvalue weighted by Gasteiger charge is 2.13. The molecule has 0 saturated carbocycles. The van der Waals surface area contributed by atoms with Gasteiger partial charge >= 0.3 is 0 Å². The summed E-state index contributed by atoms with van der Waals surface area (Å²) in [5.74, 6) is 0.783. The Balaban J connectivity index is 1.24. The second-order valence-electron chi connectivity index (χ2n) is 6.66. The van der Waals surface area contributed by atoms with E-state index in [2.05, 4.69) is 31.8 Å². The zero-order chi connectivity index (χ0) is 20.3. The molecule has 0 radical (unpaired) electrons. The van der Waals surface area contributed by atoms with Crippen LogP contribution in [0.1, 0.15) is 15.4 Å². The Morgan fingerprint density at radius 2 is 2.10 bits per heavy atom.